The number of nitrogens with zero attached hydrogens (tertiary/aromatic N) is 1. The Kier molecular flexibility index (Phi) is 2.29. The van der Waals surface area contributed by atoms with E-state index in [4.69, 9.17) is 11.5 Å². The number of aliphatic imine (C=N–C) groups is 1. The average Bonchev–Trinajstić information content (AvgIpc) is 1.99. The topological polar surface area (TPSA) is 98.5 Å². The molecule has 1 aliphatic rings. The summed E-state index contributed by atoms with van der Waals surface area (Å²) in [6, 6.07) is -0.472. The monoisotopic (exact) mass is 181 g/mol. The summed E-state index contributed by atoms with van der Waals surface area (Å²) >= 11 is 0. The van der Waals surface area contributed by atoms with Gasteiger partial charge in [-0.15, -0.1) is 0 Å². The summed E-state index contributed by atoms with van der Waals surface area (Å²) in [5, 5.41) is 0. The summed E-state index contributed by atoms with van der Waals surface area (Å²) in [4.78, 5) is 25.7. The molecule has 70 valence electrons. The number of hydrogen-bond acceptors (Lipinski definition) is 3. The van der Waals surface area contributed by atoms with Gasteiger partial charge in [0.25, 0.3) is 11.8 Å². The van der Waals surface area contributed by atoms with Crippen molar-refractivity contribution in [3.63, 3.8) is 0 Å². The first kappa shape index (κ1) is 9.60. The van der Waals surface area contributed by atoms with Crippen LogP contribution in [0.3, 0.4) is 0 Å². The number of nitrogens with two attached hydrogens (primary N) is 2. The van der Waals surface area contributed by atoms with E-state index in [1.54, 1.807) is 13.8 Å². The van der Waals surface area contributed by atoms with E-state index in [0.717, 1.165) is 0 Å². The van der Waals surface area contributed by atoms with E-state index in [9.17, 15) is 9.59 Å². The molecule has 0 aromatic heterocycles. The van der Waals surface area contributed by atoms with Crippen LogP contribution in [0.15, 0.2) is 16.1 Å². The van der Waals surface area contributed by atoms with Crippen molar-refractivity contribution in [1.29, 1.82) is 0 Å². The van der Waals surface area contributed by atoms with Crippen molar-refractivity contribution in [3.05, 3.63) is 11.1 Å². The molecular weight excluding hydrogens is 170 g/mol. The van der Waals surface area contributed by atoms with E-state index >= 15 is 0 Å². The number of dihydropyridines is 1. The summed E-state index contributed by atoms with van der Waals surface area (Å²) in [6.07, 6.45) is 0. The van der Waals surface area contributed by atoms with Crippen LogP contribution in [-0.4, -0.2) is 23.6 Å². The standard InChI is InChI=1S/C8H11N3O2/c1-3-5(7(10)12)8(13)11-4(2)6(3)9/h6H,9H2,1-2H3,(H2,10,12). The fourth-order valence-electron chi connectivity index (χ4n) is 1.22. The van der Waals surface area contributed by atoms with Gasteiger partial charge in [0.1, 0.15) is 5.57 Å². The molecule has 1 aliphatic heterocycles. The molecule has 0 aromatic carbocycles. The van der Waals surface area contributed by atoms with Gasteiger partial charge in [0.2, 0.25) is 0 Å². The zero-order chi connectivity index (χ0) is 10.2. The fraction of sp³-hybridized carbons (Fsp3) is 0.375. The van der Waals surface area contributed by atoms with Gasteiger partial charge in [-0.2, -0.15) is 0 Å². The molecular formula is C8H11N3O2. The van der Waals surface area contributed by atoms with Gasteiger partial charge in [0, 0.05) is 5.71 Å². The highest BCUT2D eigenvalue weighted by Gasteiger charge is 2.27. The van der Waals surface area contributed by atoms with Gasteiger partial charge in [-0.05, 0) is 19.4 Å². The van der Waals surface area contributed by atoms with Gasteiger partial charge in [0.15, 0.2) is 0 Å². The molecule has 0 aliphatic carbocycles. The third kappa shape index (κ3) is 1.50. The lowest BCUT2D eigenvalue weighted by Gasteiger charge is -2.18. The first-order valence-corrected chi connectivity index (χ1v) is 3.80. The summed E-state index contributed by atoms with van der Waals surface area (Å²) in [5.74, 6) is -1.36. The molecule has 0 fully saturated rings. The second kappa shape index (κ2) is 3.10. The number of amides is 2. The maximum absolute atomic E-state index is 11.2. The average molecular weight is 181 g/mol. The first-order valence-electron chi connectivity index (χ1n) is 3.80. The summed E-state index contributed by atoms with van der Waals surface area (Å²) in [7, 11) is 0. The molecule has 0 saturated heterocycles. The minimum atomic E-state index is -0.769. The summed E-state index contributed by atoms with van der Waals surface area (Å²) in [5.41, 5.74) is 11.6. The minimum Gasteiger partial charge on any atom is -0.365 e. The van der Waals surface area contributed by atoms with Gasteiger partial charge in [-0.25, -0.2) is 4.99 Å². The summed E-state index contributed by atoms with van der Waals surface area (Å²) in [6.45, 7) is 3.25. The lowest BCUT2D eigenvalue weighted by molar-refractivity contribution is -0.120. The normalized spacial score (nSPS) is 23.2. The molecule has 1 atom stereocenters. The molecule has 1 rings (SSSR count). The smallest absolute Gasteiger partial charge is 0.282 e. The molecule has 0 bridgehead atoms. The Bertz CT molecular complexity index is 341. The Morgan fingerprint density at radius 3 is 2.46 bits per heavy atom. The molecule has 1 heterocycles. The number of hydrogen-bond donors (Lipinski definition) is 2. The number of primary amides is 1. The largest absolute Gasteiger partial charge is 0.365 e. The van der Waals surface area contributed by atoms with E-state index in [-0.39, 0.29) is 5.57 Å². The predicted octanol–water partition coefficient (Wildman–Crippen LogP) is -0.883. The van der Waals surface area contributed by atoms with Gasteiger partial charge in [-0.3, -0.25) is 9.59 Å². The Morgan fingerprint density at radius 2 is 2.00 bits per heavy atom. The van der Waals surface area contributed by atoms with E-state index in [1.165, 1.54) is 0 Å². The lowest BCUT2D eigenvalue weighted by Crippen LogP contribution is -2.38. The summed E-state index contributed by atoms with van der Waals surface area (Å²) < 4.78 is 0. The van der Waals surface area contributed by atoms with E-state index in [1.807, 2.05) is 0 Å². The van der Waals surface area contributed by atoms with Gasteiger partial charge in [0.05, 0.1) is 6.04 Å². The van der Waals surface area contributed by atoms with E-state index in [2.05, 4.69) is 4.99 Å². The van der Waals surface area contributed by atoms with Gasteiger partial charge in [-0.1, -0.05) is 0 Å². The van der Waals surface area contributed by atoms with Crippen molar-refractivity contribution in [2.75, 3.05) is 0 Å². The van der Waals surface area contributed by atoms with Crippen LogP contribution < -0.4 is 11.5 Å². The molecule has 1 unspecified atom stereocenters. The third-order valence-electron chi connectivity index (χ3n) is 2.05. The lowest BCUT2D eigenvalue weighted by atomic mass is 9.96. The molecule has 2 amide bonds. The van der Waals surface area contributed by atoms with E-state index in [0.29, 0.717) is 11.3 Å². The molecule has 5 heteroatoms. The second-order valence-electron chi connectivity index (χ2n) is 2.96. The molecule has 0 radical (unpaired) electrons. The predicted molar refractivity (Wildman–Crippen MR) is 48.0 cm³/mol. The minimum absolute atomic E-state index is 0.0851. The third-order valence-corrected chi connectivity index (χ3v) is 2.05. The van der Waals surface area contributed by atoms with Crippen LogP contribution in [0.25, 0.3) is 0 Å². The van der Waals surface area contributed by atoms with Crippen LogP contribution in [0, 0.1) is 0 Å². The molecule has 0 aromatic rings. The Labute approximate surface area is 75.5 Å². The molecule has 0 saturated carbocycles. The number of carbonyl (C=O) groups excluding carboxylic acids is 2. The fourth-order valence-corrected chi connectivity index (χ4v) is 1.22. The van der Waals surface area contributed by atoms with E-state index < -0.39 is 17.9 Å². The highest BCUT2D eigenvalue weighted by atomic mass is 16.2. The van der Waals surface area contributed by atoms with Crippen molar-refractivity contribution >= 4 is 17.5 Å². The van der Waals surface area contributed by atoms with Crippen molar-refractivity contribution in [3.8, 4) is 0 Å². The Balaban J connectivity index is 3.21. The van der Waals surface area contributed by atoms with Crippen LogP contribution in [-0.2, 0) is 9.59 Å². The quantitative estimate of drug-likeness (QED) is 0.513. The SMILES string of the molecule is CC1=NC(=O)C(C(N)=O)=C(C)C1N. The van der Waals surface area contributed by atoms with Gasteiger partial charge < -0.3 is 11.5 Å². The van der Waals surface area contributed by atoms with Crippen LogP contribution in [0.1, 0.15) is 13.8 Å². The van der Waals surface area contributed by atoms with Crippen LogP contribution in [0.2, 0.25) is 0 Å². The van der Waals surface area contributed by atoms with Crippen molar-refractivity contribution in [1.82, 2.24) is 0 Å². The Hall–Kier alpha value is -1.49. The van der Waals surface area contributed by atoms with Crippen molar-refractivity contribution in [2.45, 2.75) is 19.9 Å². The van der Waals surface area contributed by atoms with Crippen LogP contribution in [0.4, 0.5) is 0 Å². The molecule has 0 spiro atoms. The van der Waals surface area contributed by atoms with Crippen LogP contribution in [0.5, 0.6) is 0 Å². The molecule has 4 N–H and O–H groups in total. The molecule has 13 heavy (non-hydrogen) atoms. The van der Waals surface area contributed by atoms with Crippen molar-refractivity contribution < 1.29 is 9.59 Å². The maximum Gasteiger partial charge on any atom is 0.282 e. The highest BCUT2D eigenvalue weighted by molar-refractivity contribution is 6.24. The van der Waals surface area contributed by atoms with Crippen LogP contribution >= 0.6 is 0 Å². The molecule has 5 nitrogen and oxygen atoms in total. The first-order chi connectivity index (χ1) is 5.95. The second-order valence-corrected chi connectivity index (χ2v) is 2.96. The van der Waals surface area contributed by atoms with Gasteiger partial charge >= 0.3 is 0 Å². The maximum atomic E-state index is 11.2. The zero-order valence-corrected chi connectivity index (χ0v) is 7.50. The number of carbonyl (C=O) groups is 2. The Morgan fingerprint density at radius 1 is 1.46 bits per heavy atom. The zero-order valence-electron chi connectivity index (χ0n) is 7.50. The number of rotatable bonds is 1. The highest BCUT2D eigenvalue weighted by Crippen LogP contribution is 2.15. The van der Waals surface area contributed by atoms with Crippen molar-refractivity contribution in [2.24, 2.45) is 16.5 Å².